The zero-order valence-corrected chi connectivity index (χ0v) is 29.5. The van der Waals surface area contributed by atoms with Crippen LogP contribution in [0, 0.1) is 0 Å². The maximum atomic E-state index is 5.21. The normalized spacial score (nSPS) is 11.0. The largest absolute Gasteiger partial charge is 0.208 e. The molecule has 0 radical (unpaired) electrons. The first-order chi connectivity index (χ1) is 26.8. The summed E-state index contributed by atoms with van der Waals surface area (Å²) in [5.41, 5.74) is 14.2. The van der Waals surface area contributed by atoms with Gasteiger partial charge in [-0.2, -0.15) is 0 Å². The second-order valence-electron chi connectivity index (χ2n) is 13.2. The molecule has 0 amide bonds. The molecule has 9 aromatic rings. The minimum atomic E-state index is 0.618. The highest BCUT2D eigenvalue weighted by molar-refractivity contribution is 5.88. The minimum absolute atomic E-state index is 0.618. The van der Waals surface area contributed by atoms with Crippen molar-refractivity contribution in [3.63, 3.8) is 0 Å². The van der Waals surface area contributed by atoms with E-state index < -0.39 is 0 Å². The first kappa shape index (κ1) is 32.7. The van der Waals surface area contributed by atoms with Crippen LogP contribution < -0.4 is 0 Å². The Kier molecular flexibility index (Phi) is 8.94. The topological polar surface area (TPSA) is 38.7 Å². The molecule has 54 heavy (non-hydrogen) atoms. The van der Waals surface area contributed by atoms with Crippen LogP contribution in [0.1, 0.15) is 0 Å². The molecule has 9 rings (SSSR count). The van der Waals surface area contributed by atoms with E-state index in [4.69, 9.17) is 15.0 Å². The van der Waals surface area contributed by atoms with Crippen LogP contribution in [-0.4, -0.2) is 15.0 Å². The molecule has 0 saturated heterocycles. The maximum absolute atomic E-state index is 5.21. The lowest BCUT2D eigenvalue weighted by atomic mass is 9.92. The van der Waals surface area contributed by atoms with E-state index in [1.165, 1.54) is 11.1 Å². The van der Waals surface area contributed by atoms with E-state index in [0.717, 1.165) is 61.2 Å². The summed E-state index contributed by atoms with van der Waals surface area (Å²) in [7, 11) is 0. The van der Waals surface area contributed by atoms with Crippen LogP contribution >= 0.6 is 0 Å². The molecular formula is C51H35N3. The highest BCUT2D eigenvalue weighted by atomic mass is 15.0. The molecule has 254 valence electrons. The summed E-state index contributed by atoms with van der Waals surface area (Å²) in [4.78, 5) is 15.6. The van der Waals surface area contributed by atoms with Crippen LogP contribution in [-0.2, 0) is 0 Å². The summed E-state index contributed by atoms with van der Waals surface area (Å²) in [5, 5.41) is 0. The molecule has 3 heteroatoms. The fraction of sp³-hybridized carbons (Fsp3) is 0. The van der Waals surface area contributed by atoms with Crippen molar-refractivity contribution in [1.82, 2.24) is 15.0 Å². The molecule has 0 spiro atoms. The lowest BCUT2D eigenvalue weighted by molar-refractivity contribution is 1.07. The van der Waals surface area contributed by atoms with E-state index in [9.17, 15) is 0 Å². The predicted molar refractivity (Wildman–Crippen MR) is 223 cm³/mol. The standard InChI is InChI=1S/C51H35N3/c1-5-17-36(18-6-1)40-25-15-27-42(33-40)49-52-50(43-28-16-26-41(34-43)46-30-14-13-29-45(46)37-19-7-2-8-20-37)54-51(53-49)44-31-32-47(38-21-9-3-10-22-38)48(35-44)39-23-11-4-12-24-39/h1-35H. The third-order valence-electron chi connectivity index (χ3n) is 9.75. The number of hydrogen-bond acceptors (Lipinski definition) is 3. The van der Waals surface area contributed by atoms with Crippen molar-refractivity contribution in [2.24, 2.45) is 0 Å². The Labute approximate surface area is 316 Å². The van der Waals surface area contributed by atoms with Crippen molar-refractivity contribution in [2.75, 3.05) is 0 Å². The van der Waals surface area contributed by atoms with Crippen LogP contribution in [0.2, 0.25) is 0 Å². The summed E-state index contributed by atoms with van der Waals surface area (Å²) >= 11 is 0. The van der Waals surface area contributed by atoms with Crippen molar-refractivity contribution in [1.29, 1.82) is 0 Å². The first-order valence-corrected chi connectivity index (χ1v) is 18.2. The summed E-state index contributed by atoms with van der Waals surface area (Å²) in [6, 6.07) is 74.1. The Morgan fingerprint density at radius 3 is 1.04 bits per heavy atom. The molecule has 1 heterocycles. The van der Waals surface area contributed by atoms with E-state index in [0.29, 0.717) is 17.5 Å². The number of rotatable bonds is 8. The van der Waals surface area contributed by atoms with Gasteiger partial charge in [-0.25, -0.2) is 15.0 Å². The van der Waals surface area contributed by atoms with Gasteiger partial charge >= 0.3 is 0 Å². The van der Waals surface area contributed by atoms with E-state index in [1.807, 2.05) is 6.07 Å². The third kappa shape index (κ3) is 6.74. The van der Waals surface area contributed by atoms with Gasteiger partial charge in [0.15, 0.2) is 17.5 Å². The second kappa shape index (κ2) is 14.8. The van der Waals surface area contributed by atoms with Gasteiger partial charge in [0.2, 0.25) is 0 Å². The van der Waals surface area contributed by atoms with Gasteiger partial charge in [0.25, 0.3) is 0 Å². The Hall–Kier alpha value is -7.23. The minimum Gasteiger partial charge on any atom is -0.208 e. The molecule has 0 aliphatic carbocycles. The van der Waals surface area contributed by atoms with Crippen molar-refractivity contribution in [3.05, 3.63) is 212 Å². The lowest BCUT2D eigenvalue weighted by Gasteiger charge is -2.14. The quantitative estimate of drug-likeness (QED) is 0.159. The fourth-order valence-corrected chi connectivity index (χ4v) is 7.07. The van der Waals surface area contributed by atoms with Gasteiger partial charge in [-0.1, -0.05) is 194 Å². The highest BCUT2D eigenvalue weighted by Crippen LogP contribution is 2.37. The van der Waals surface area contributed by atoms with Crippen molar-refractivity contribution >= 4 is 0 Å². The third-order valence-corrected chi connectivity index (χ3v) is 9.75. The summed E-state index contributed by atoms with van der Waals surface area (Å²) in [6.07, 6.45) is 0. The smallest absolute Gasteiger partial charge is 0.164 e. The SMILES string of the molecule is c1ccc(-c2cccc(-c3nc(-c4cccc(-c5ccccc5-c5ccccc5)c4)nc(-c4ccc(-c5ccccc5)c(-c5ccccc5)c4)n3)c2)cc1. The molecule has 0 bridgehead atoms. The van der Waals surface area contributed by atoms with Crippen LogP contribution in [0.4, 0.5) is 0 Å². The Balaban J connectivity index is 1.22. The molecule has 0 N–H and O–H groups in total. The molecule has 0 atom stereocenters. The molecule has 3 nitrogen and oxygen atoms in total. The van der Waals surface area contributed by atoms with Crippen LogP contribution in [0.15, 0.2) is 212 Å². The van der Waals surface area contributed by atoms with E-state index in [1.54, 1.807) is 0 Å². The monoisotopic (exact) mass is 689 g/mol. The van der Waals surface area contributed by atoms with E-state index in [2.05, 4.69) is 206 Å². The van der Waals surface area contributed by atoms with Crippen molar-refractivity contribution in [2.45, 2.75) is 0 Å². The van der Waals surface area contributed by atoms with Gasteiger partial charge in [0.05, 0.1) is 0 Å². The van der Waals surface area contributed by atoms with E-state index >= 15 is 0 Å². The molecule has 8 aromatic carbocycles. The number of aromatic nitrogens is 3. The van der Waals surface area contributed by atoms with E-state index in [-0.39, 0.29) is 0 Å². The lowest BCUT2D eigenvalue weighted by Crippen LogP contribution is -2.01. The highest BCUT2D eigenvalue weighted by Gasteiger charge is 2.17. The molecule has 0 aliphatic heterocycles. The number of nitrogens with zero attached hydrogens (tertiary/aromatic N) is 3. The van der Waals surface area contributed by atoms with Crippen LogP contribution in [0.5, 0.6) is 0 Å². The van der Waals surface area contributed by atoms with Crippen molar-refractivity contribution < 1.29 is 0 Å². The number of benzene rings is 8. The van der Waals surface area contributed by atoms with Gasteiger partial charge in [0, 0.05) is 16.7 Å². The van der Waals surface area contributed by atoms with Crippen LogP contribution in [0.3, 0.4) is 0 Å². The molecule has 1 aromatic heterocycles. The summed E-state index contributed by atoms with van der Waals surface area (Å²) in [5.74, 6) is 1.86. The van der Waals surface area contributed by atoms with Gasteiger partial charge < -0.3 is 0 Å². The molecule has 0 aliphatic rings. The Bertz CT molecular complexity index is 2690. The van der Waals surface area contributed by atoms with Gasteiger partial charge in [-0.05, 0) is 73.8 Å². The zero-order chi connectivity index (χ0) is 36.1. The average Bonchev–Trinajstić information content (AvgIpc) is 3.27. The van der Waals surface area contributed by atoms with Crippen LogP contribution in [0.25, 0.3) is 89.8 Å². The molecule has 0 fully saturated rings. The zero-order valence-electron chi connectivity index (χ0n) is 29.5. The number of hydrogen-bond donors (Lipinski definition) is 0. The van der Waals surface area contributed by atoms with Gasteiger partial charge in [-0.3, -0.25) is 0 Å². The van der Waals surface area contributed by atoms with Crippen molar-refractivity contribution in [3.8, 4) is 89.8 Å². The molecular weight excluding hydrogens is 655 g/mol. The second-order valence-corrected chi connectivity index (χ2v) is 13.2. The maximum Gasteiger partial charge on any atom is 0.164 e. The summed E-state index contributed by atoms with van der Waals surface area (Å²) in [6.45, 7) is 0. The average molecular weight is 690 g/mol. The molecule has 0 saturated carbocycles. The van der Waals surface area contributed by atoms with Gasteiger partial charge in [0.1, 0.15) is 0 Å². The first-order valence-electron chi connectivity index (χ1n) is 18.2. The Morgan fingerprint density at radius 1 is 0.185 bits per heavy atom. The summed E-state index contributed by atoms with van der Waals surface area (Å²) < 4.78 is 0. The Morgan fingerprint density at radius 2 is 0.519 bits per heavy atom. The van der Waals surface area contributed by atoms with Gasteiger partial charge in [-0.15, -0.1) is 0 Å². The predicted octanol–water partition coefficient (Wildman–Crippen LogP) is 13.2. The molecule has 0 unspecified atom stereocenters. The fourth-order valence-electron chi connectivity index (χ4n) is 7.07.